The second-order valence-electron chi connectivity index (χ2n) is 3.37. The Morgan fingerprint density at radius 1 is 1.64 bits per heavy atom. The molecule has 0 aliphatic heterocycles. The summed E-state index contributed by atoms with van der Waals surface area (Å²) in [4.78, 5) is 9.99. The largest absolute Gasteiger partial charge is 0.269 e. The average molecular weight is 260 g/mol. The van der Waals surface area contributed by atoms with Crippen LogP contribution in [0.4, 0.5) is 10.1 Å². The lowest BCUT2D eigenvalue weighted by Crippen LogP contribution is -1.93. The Balaban J connectivity index is 2.28. The normalized spacial score (nSPS) is 30.0. The van der Waals surface area contributed by atoms with Crippen molar-refractivity contribution in [3.8, 4) is 0 Å². The van der Waals surface area contributed by atoms with E-state index < -0.39 is 9.50 Å². The molecule has 0 radical (unpaired) electrons. The summed E-state index contributed by atoms with van der Waals surface area (Å²) in [6.45, 7) is 0. The van der Waals surface area contributed by atoms with Crippen LogP contribution in [0.5, 0.6) is 0 Å². The van der Waals surface area contributed by atoms with Crippen molar-refractivity contribution in [2.24, 2.45) is 0 Å². The standard InChI is InChI=1S/C9H7BrFNO2/c10-9(11)5-8(9)6-2-1-3-7(4-6)12(13)14/h1-4,8H,5H2. The van der Waals surface area contributed by atoms with E-state index in [2.05, 4.69) is 15.9 Å². The molecule has 3 nitrogen and oxygen atoms in total. The van der Waals surface area contributed by atoms with Gasteiger partial charge in [-0.1, -0.05) is 12.1 Å². The number of non-ortho nitro benzene ring substituents is 1. The number of alkyl halides is 2. The lowest BCUT2D eigenvalue weighted by atomic mass is 10.1. The number of hydrogen-bond donors (Lipinski definition) is 0. The van der Waals surface area contributed by atoms with E-state index in [1.165, 1.54) is 12.1 Å². The lowest BCUT2D eigenvalue weighted by molar-refractivity contribution is -0.384. The fourth-order valence-corrected chi connectivity index (χ4v) is 2.02. The Labute approximate surface area is 88.2 Å². The molecule has 1 aliphatic carbocycles. The molecule has 0 N–H and O–H groups in total. The second-order valence-corrected chi connectivity index (χ2v) is 4.69. The first kappa shape index (κ1) is 9.58. The third-order valence-electron chi connectivity index (χ3n) is 2.31. The Hall–Kier alpha value is -0.970. The summed E-state index contributed by atoms with van der Waals surface area (Å²) in [6, 6.07) is 6.11. The highest BCUT2D eigenvalue weighted by atomic mass is 79.9. The lowest BCUT2D eigenvalue weighted by Gasteiger charge is -1.99. The summed E-state index contributed by atoms with van der Waals surface area (Å²) in [5, 5.41) is 10.5. The van der Waals surface area contributed by atoms with Crippen LogP contribution in [-0.2, 0) is 0 Å². The van der Waals surface area contributed by atoms with E-state index in [-0.39, 0.29) is 11.6 Å². The Morgan fingerprint density at radius 3 is 2.79 bits per heavy atom. The zero-order valence-corrected chi connectivity index (χ0v) is 8.70. The predicted molar refractivity (Wildman–Crippen MR) is 53.2 cm³/mol. The molecule has 0 bridgehead atoms. The Bertz CT molecular complexity index is 394. The maximum Gasteiger partial charge on any atom is 0.269 e. The molecule has 2 atom stereocenters. The van der Waals surface area contributed by atoms with Crippen LogP contribution in [0.2, 0.25) is 0 Å². The fourth-order valence-electron chi connectivity index (χ4n) is 1.43. The molecule has 2 unspecified atom stereocenters. The van der Waals surface area contributed by atoms with Crippen LogP contribution in [0.15, 0.2) is 24.3 Å². The van der Waals surface area contributed by atoms with E-state index in [1.54, 1.807) is 12.1 Å². The van der Waals surface area contributed by atoms with Crippen LogP contribution in [0, 0.1) is 10.1 Å². The second kappa shape index (κ2) is 3.02. The van der Waals surface area contributed by atoms with Gasteiger partial charge in [-0.15, -0.1) is 0 Å². The van der Waals surface area contributed by atoms with Crippen LogP contribution < -0.4 is 0 Å². The fraction of sp³-hybridized carbons (Fsp3) is 0.333. The number of hydrogen-bond acceptors (Lipinski definition) is 2. The van der Waals surface area contributed by atoms with Gasteiger partial charge in [0.25, 0.3) is 5.69 Å². The molecule has 0 heterocycles. The van der Waals surface area contributed by atoms with Crippen LogP contribution in [0.1, 0.15) is 17.9 Å². The molecule has 2 rings (SSSR count). The number of halogens is 2. The van der Waals surface area contributed by atoms with E-state index >= 15 is 0 Å². The van der Waals surface area contributed by atoms with Gasteiger partial charge >= 0.3 is 0 Å². The molecule has 0 spiro atoms. The number of nitro groups is 1. The highest BCUT2D eigenvalue weighted by Crippen LogP contribution is 2.59. The van der Waals surface area contributed by atoms with Gasteiger partial charge in [0.05, 0.1) is 4.92 Å². The molecule has 1 aliphatic rings. The summed E-state index contributed by atoms with van der Waals surface area (Å²) >= 11 is 2.91. The SMILES string of the molecule is O=[N+]([O-])c1cccc(C2CC2(F)Br)c1. The minimum absolute atomic E-state index is 0.0118. The van der Waals surface area contributed by atoms with Crippen molar-refractivity contribution in [2.75, 3.05) is 0 Å². The summed E-state index contributed by atoms with van der Waals surface area (Å²) in [7, 11) is 0. The highest BCUT2D eigenvalue weighted by Gasteiger charge is 2.54. The molecule has 14 heavy (non-hydrogen) atoms. The van der Waals surface area contributed by atoms with Gasteiger partial charge in [-0.05, 0) is 21.5 Å². The molecule has 1 saturated carbocycles. The van der Waals surface area contributed by atoms with Crippen LogP contribution in [0.25, 0.3) is 0 Å². The first-order valence-corrected chi connectivity index (χ1v) is 4.92. The zero-order chi connectivity index (χ0) is 10.3. The molecule has 74 valence electrons. The summed E-state index contributed by atoms with van der Waals surface area (Å²) < 4.78 is 11.9. The smallest absolute Gasteiger partial charge is 0.258 e. The van der Waals surface area contributed by atoms with E-state index in [9.17, 15) is 14.5 Å². The molecule has 0 saturated heterocycles. The molecule has 0 amide bonds. The number of nitro benzene ring substituents is 1. The van der Waals surface area contributed by atoms with Gasteiger partial charge in [-0.2, -0.15) is 0 Å². The molecular weight excluding hydrogens is 253 g/mol. The quantitative estimate of drug-likeness (QED) is 0.465. The van der Waals surface area contributed by atoms with Gasteiger partial charge in [-0.25, -0.2) is 4.39 Å². The molecular formula is C9H7BrFNO2. The van der Waals surface area contributed by atoms with Gasteiger partial charge in [0.2, 0.25) is 0 Å². The third-order valence-corrected chi connectivity index (χ3v) is 3.19. The summed E-state index contributed by atoms with van der Waals surface area (Å²) in [5.41, 5.74) is 0.691. The van der Waals surface area contributed by atoms with Crippen molar-refractivity contribution in [1.29, 1.82) is 0 Å². The van der Waals surface area contributed by atoms with E-state index in [0.29, 0.717) is 12.0 Å². The average Bonchev–Trinajstić information content (AvgIpc) is 2.75. The van der Waals surface area contributed by atoms with Crippen molar-refractivity contribution in [3.63, 3.8) is 0 Å². The predicted octanol–water partition coefficient (Wildman–Crippen LogP) is 3.14. The van der Waals surface area contributed by atoms with Gasteiger partial charge in [0, 0.05) is 24.5 Å². The monoisotopic (exact) mass is 259 g/mol. The minimum Gasteiger partial charge on any atom is -0.258 e. The first-order valence-electron chi connectivity index (χ1n) is 4.13. The summed E-state index contributed by atoms with van der Waals surface area (Å²) in [5.74, 6) is -0.248. The van der Waals surface area contributed by atoms with Crippen LogP contribution >= 0.6 is 15.9 Å². The van der Waals surface area contributed by atoms with E-state index in [4.69, 9.17) is 0 Å². The minimum atomic E-state index is -1.36. The summed E-state index contributed by atoms with van der Waals surface area (Å²) in [6.07, 6.45) is 0.383. The molecule has 5 heteroatoms. The first-order chi connectivity index (χ1) is 6.50. The number of nitrogens with zero attached hydrogens (tertiary/aromatic N) is 1. The Morgan fingerprint density at radius 2 is 2.29 bits per heavy atom. The van der Waals surface area contributed by atoms with Crippen molar-refractivity contribution >= 4 is 21.6 Å². The van der Waals surface area contributed by atoms with Gasteiger partial charge < -0.3 is 0 Å². The van der Waals surface area contributed by atoms with Crippen molar-refractivity contribution in [2.45, 2.75) is 16.9 Å². The highest BCUT2D eigenvalue weighted by molar-refractivity contribution is 9.10. The van der Waals surface area contributed by atoms with Crippen molar-refractivity contribution in [3.05, 3.63) is 39.9 Å². The molecule has 1 fully saturated rings. The van der Waals surface area contributed by atoms with Crippen molar-refractivity contribution in [1.82, 2.24) is 0 Å². The zero-order valence-electron chi connectivity index (χ0n) is 7.11. The van der Waals surface area contributed by atoms with Crippen LogP contribution in [0.3, 0.4) is 0 Å². The van der Waals surface area contributed by atoms with Crippen LogP contribution in [-0.4, -0.2) is 9.50 Å². The van der Waals surface area contributed by atoms with Gasteiger partial charge in [-0.3, -0.25) is 10.1 Å². The van der Waals surface area contributed by atoms with Gasteiger partial charge in [0.1, 0.15) is 0 Å². The van der Waals surface area contributed by atoms with E-state index in [1.807, 2.05) is 0 Å². The maximum atomic E-state index is 13.2. The van der Waals surface area contributed by atoms with E-state index in [0.717, 1.165) is 0 Å². The number of rotatable bonds is 2. The molecule has 0 aromatic heterocycles. The van der Waals surface area contributed by atoms with Gasteiger partial charge in [0.15, 0.2) is 4.58 Å². The maximum absolute atomic E-state index is 13.2. The Kier molecular flexibility index (Phi) is 2.06. The third kappa shape index (κ3) is 1.64. The molecule has 1 aromatic carbocycles. The number of benzene rings is 1. The topological polar surface area (TPSA) is 43.1 Å². The molecule has 1 aromatic rings. The van der Waals surface area contributed by atoms with Crippen molar-refractivity contribution < 1.29 is 9.31 Å².